The van der Waals surface area contributed by atoms with Gasteiger partial charge in [-0.1, -0.05) is 41.7 Å². The van der Waals surface area contributed by atoms with E-state index < -0.39 is 6.10 Å². The second kappa shape index (κ2) is 7.44. The van der Waals surface area contributed by atoms with Crippen molar-refractivity contribution in [3.05, 3.63) is 66.1 Å². The Kier molecular flexibility index (Phi) is 5.09. The molecule has 0 aliphatic carbocycles. The molecule has 6 heteroatoms. The van der Waals surface area contributed by atoms with Crippen LogP contribution in [0.3, 0.4) is 0 Å². The second-order valence-electron chi connectivity index (χ2n) is 5.50. The fourth-order valence-electron chi connectivity index (χ4n) is 2.29. The smallest absolute Gasteiger partial charge is 0.266 e. The maximum Gasteiger partial charge on any atom is 0.266 e. The van der Waals surface area contributed by atoms with E-state index >= 15 is 0 Å². The maximum atomic E-state index is 12.9. The van der Waals surface area contributed by atoms with Crippen LogP contribution in [-0.2, 0) is 4.79 Å². The van der Waals surface area contributed by atoms with Gasteiger partial charge in [-0.3, -0.25) is 10.1 Å². The number of thiazole rings is 1. The molecule has 1 amide bonds. The summed E-state index contributed by atoms with van der Waals surface area (Å²) in [7, 11) is 0. The van der Waals surface area contributed by atoms with Gasteiger partial charge in [0.05, 0.1) is 10.6 Å². The zero-order valence-electron chi connectivity index (χ0n) is 13.8. The Morgan fingerprint density at radius 1 is 1.16 bits per heavy atom. The Bertz CT molecular complexity index is 863. The molecule has 1 aromatic heterocycles. The minimum absolute atomic E-state index is 0.308. The molecule has 3 rings (SSSR count). The first-order chi connectivity index (χ1) is 12.0. The van der Waals surface area contributed by atoms with Crippen LogP contribution in [0.2, 0.25) is 0 Å². The van der Waals surface area contributed by atoms with E-state index in [2.05, 4.69) is 10.3 Å². The number of hydrogen-bond acceptors (Lipinski definition) is 4. The van der Waals surface area contributed by atoms with Crippen LogP contribution in [0.15, 0.2) is 54.6 Å². The molecule has 0 fully saturated rings. The van der Waals surface area contributed by atoms with E-state index in [4.69, 9.17) is 4.74 Å². The van der Waals surface area contributed by atoms with Crippen molar-refractivity contribution in [2.24, 2.45) is 0 Å². The molecule has 0 saturated heterocycles. The van der Waals surface area contributed by atoms with Crippen LogP contribution in [0, 0.1) is 12.7 Å². The summed E-state index contributed by atoms with van der Waals surface area (Å²) in [5, 5.41) is 3.30. The lowest BCUT2D eigenvalue weighted by Crippen LogP contribution is -2.30. The number of halogens is 1. The quantitative estimate of drug-likeness (QED) is 0.723. The summed E-state index contributed by atoms with van der Waals surface area (Å²) in [6.07, 6.45) is -0.727. The van der Waals surface area contributed by atoms with Gasteiger partial charge in [0.2, 0.25) is 0 Å². The number of benzene rings is 2. The van der Waals surface area contributed by atoms with Crippen molar-refractivity contribution in [2.45, 2.75) is 20.0 Å². The number of hydrogen-bond donors (Lipinski definition) is 1. The highest BCUT2D eigenvalue weighted by atomic mass is 32.1. The number of carbonyl (C=O) groups is 1. The van der Waals surface area contributed by atoms with Gasteiger partial charge in [0.15, 0.2) is 11.2 Å². The molecular weight excluding hydrogens is 339 g/mol. The molecule has 0 saturated carbocycles. The van der Waals surface area contributed by atoms with Gasteiger partial charge >= 0.3 is 0 Å². The zero-order valence-corrected chi connectivity index (χ0v) is 14.6. The number of amides is 1. The molecule has 128 valence electrons. The topological polar surface area (TPSA) is 51.2 Å². The fourth-order valence-corrected chi connectivity index (χ4v) is 3.26. The van der Waals surface area contributed by atoms with Crippen molar-refractivity contribution >= 4 is 22.4 Å². The third-order valence-electron chi connectivity index (χ3n) is 3.56. The fraction of sp³-hybridized carbons (Fsp3) is 0.158. The summed E-state index contributed by atoms with van der Waals surface area (Å²) in [5.41, 5.74) is 1.92. The average Bonchev–Trinajstić information content (AvgIpc) is 2.98. The number of nitrogens with zero attached hydrogens (tertiary/aromatic N) is 1. The van der Waals surface area contributed by atoms with Crippen LogP contribution in [0.1, 0.15) is 12.6 Å². The monoisotopic (exact) mass is 356 g/mol. The molecule has 25 heavy (non-hydrogen) atoms. The van der Waals surface area contributed by atoms with Gasteiger partial charge in [-0.15, -0.1) is 0 Å². The Labute approximate surface area is 149 Å². The minimum atomic E-state index is -0.727. The molecular formula is C19H17FN2O2S. The highest BCUT2D eigenvalue weighted by Gasteiger charge is 2.18. The summed E-state index contributed by atoms with van der Waals surface area (Å²) >= 11 is 1.42. The SMILES string of the molecule is Cc1nc(NC(=O)C(C)Oc2ccc(F)cc2)sc1-c1ccccc1. The highest BCUT2D eigenvalue weighted by molar-refractivity contribution is 7.19. The van der Waals surface area contributed by atoms with Crippen molar-refractivity contribution in [3.63, 3.8) is 0 Å². The van der Waals surface area contributed by atoms with Crippen molar-refractivity contribution in [2.75, 3.05) is 5.32 Å². The second-order valence-corrected chi connectivity index (χ2v) is 6.50. The van der Waals surface area contributed by atoms with Gasteiger partial charge in [-0.2, -0.15) is 0 Å². The van der Waals surface area contributed by atoms with E-state index in [0.29, 0.717) is 10.9 Å². The summed E-state index contributed by atoms with van der Waals surface area (Å²) < 4.78 is 18.4. The van der Waals surface area contributed by atoms with Gasteiger partial charge in [0.1, 0.15) is 11.6 Å². The summed E-state index contributed by atoms with van der Waals surface area (Å²) in [6, 6.07) is 15.4. The summed E-state index contributed by atoms with van der Waals surface area (Å²) in [6.45, 7) is 3.55. The molecule has 2 aromatic carbocycles. The lowest BCUT2D eigenvalue weighted by molar-refractivity contribution is -0.122. The molecule has 0 aliphatic heterocycles. The molecule has 1 atom stereocenters. The van der Waals surface area contributed by atoms with E-state index in [1.807, 2.05) is 37.3 Å². The van der Waals surface area contributed by atoms with Gasteiger partial charge < -0.3 is 4.74 Å². The van der Waals surface area contributed by atoms with E-state index in [-0.39, 0.29) is 11.7 Å². The van der Waals surface area contributed by atoms with Crippen LogP contribution < -0.4 is 10.1 Å². The minimum Gasteiger partial charge on any atom is -0.481 e. The van der Waals surface area contributed by atoms with Crippen molar-refractivity contribution < 1.29 is 13.9 Å². The molecule has 0 aliphatic rings. The first kappa shape index (κ1) is 17.1. The van der Waals surface area contributed by atoms with Crippen LogP contribution >= 0.6 is 11.3 Å². The molecule has 1 unspecified atom stereocenters. The average molecular weight is 356 g/mol. The Morgan fingerprint density at radius 2 is 1.84 bits per heavy atom. The maximum absolute atomic E-state index is 12.9. The molecule has 1 heterocycles. The highest BCUT2D eigenvalue weighted by Crippen LogP contribution is 2.32. The van der Waals surface area contributed by atoms with Crippen LogP contribution in [-0.4, -0.2) is 17.0 Å². The van der Waals surface area contributed by atoms with E-state index in [1.165, 1.54) is 35.6 Å². The van der Waals surface area contributed by atoms with Crippen LogP contribution in [0.4, 0.5) is 9.52 Å². The van der Waals surface area contributed by atoms with E-state index in [1.54, 1.807) is 6.92 Å². The molecule has 3 aromatic rings. The number of nitrogens with one attached hydrogen (secondary N) is 1. The third-order valence-corrected chi connectivity index (χ3v) is 4.68. The Morgan fingerprint density at radius 3 is 2.52 bits per heavy atom. The number of aryl methyl sites for hydroxylation is 1. The largest absolute Gasteiger partial charge is 0.481 e. The first-order valence-electron chi connectivity index (χ1n) is 7.79. The first-order valence-corrected chi connectivity index (χ1v) is 8.60. The Hall–Kier alpha value is -2.73. The van der Waals surface area contributed by atoms with Gasteiger partial charge in [-0.25, -0.2) is 9.37 Å². The van der Waals surface area contributed by atoms with Crippen molar-refractivity contribution in [1.82, 2.24) is 4.98 Å². The standard InChI is InChI=1S/C19H17FN2O2S/c1-12-17(14-6-4-3-5-7-14)25-19(21-12)22-18(23)13(2)24-16-10-8-15(20)9-11-16/h3-11,13H,1-2H3,(H,21,22,23). The third kappa shape index (κ3) is 4.22. The molecule has 0 spiro atoms. The predicted octanol–water partition coefficient (Wildman–Crippen LogP) is 4.66. The molecule has 4 nitrogen and oxygen atoms in total. The molecule has 1 N–H and O–H groups in total. The van der Waals surface area contributed by atoms with Gasteiger partial charge in [-0.05, 0) is 43.7 Å². The predicted molar refractivity (Wildman–Crippen MR) is 97.4 cm³/mol. The number of rotatable bonds is 5. The number of ether oxygens (including phenoxy) is 1. The zero-order chi connectivity index (χ0) is 17.8. The van der Waals surface area contributed by atoms with E-state index in [9.17, 15) is 9.18 Å². The van der Waals surface area contributed by atoms with Crippen molar-refractivity contribution in [3.8, 4) is 16.2 Å². The van der Waals surface area contributed by atoms with Gasteiger partial charge in [0, 0.05) is 0 Å². The molecule has 0 bridgehead atoms. The summed E-state index contributed by atoms with van der Waals surface area (Å²) in [5.74, 6) is -0.224. The Balaban J connectivity index is 1.67. The number of anilines is 1. The van der Waals surface area contributed by atoms with Crippen LogP contribution in [0.25, 0.3) is 10.4 Å². The number of carbonyl (C=O) groups excluding carboxylic acids is 1. The summed E-state index contributed by atoms with van der Waals surface area (Å²) in [4.78, 5) is 17.7. The van der Waals surface area contributed by atoms with Gasteiger partial charge in [0.25, 0.3) is 5.91 Å². The van der Waals surface area contributed by atoms with Crippen molar-refractivity contribution in [1.29, 1.82) is 0 Å². The normalized spacial score (nSPS) is 11.8. The molecule has 0 radical (unpaired) electrons. The van der Waals surface area contributed by atoms with Crippen LogP contribution in [0.5, 0.6) is 5.75 Å². The lowest BCUT2D eigenvalue weighted by Gasteiger charge is -2.13. The lowest BCUT2D eigenvalue weighted by atomic mass is 10.2. The number of aromatic nitrogens is 1. The van der Waals surface area contributed by atoms with E-state index in [0.717, 1.165) is 16.1 Å².